The van der Waals surface area contributed by atoms with Crippen molar-refractivity contribution in [2.75, 3.05) is 6.54 Å². The number of imide groups is 1. The average molecular weight is 371 g/mol. The molecule has 1 aliphatic rings. The maximum Gasteiger partial charge on any atom is 0.297 e. The molecule has 28 heavy (non-hydrogen) atoms. The molecule has 1 atom stereocenters. The molecule has 138 valence electrons. The molecular weight excluding hydrogens is 354 g/mol. The highest BCUT2D eigenvalue weighted by Gasteiger charge is 2.43. The van der Waals surface area contributed by atoms with E-state index in [4.69, 9.17) is 4.42 Å². The average Bonchev–Trinajstić information content (AvgIpc) is 3.36. The minimum Gasteiger partial charge on any atom is -0.465 e. The molecule has 5 nitrogen and oxygen atoms in total. The van der Waals surface area contributed by atoms with Crippen LogP contribution in [-0.2, 0) is 14.4 Å². The molecule has 0 saturated carbocycles. The molecule has 1 saturated heterocycles. The molecule has 2 aromatic carbocycles. The van der Waals surface area contributed by atoms with E-state index in [9.17, 15) is 14.4 Å². The molecule has 2 heterocycles. The highest BCUT2D eigenvalue weighted by Crippen LogP contribution is 2.29. The molecule has 1 fully saturated rings. The normalized spacial score (nSPS) is 17.2. The van der Waals surface area contributed by atoms with Crippen LogP contribution < -0.4 is 0 Å². The zero-order valence-electron chi connectivity index (χ0n) is 14.9. The lowest BCUT2D eigenvalue weighted by atomic mass is 9.97. The number of ketones is 1. The Balaban J connectivity index is 1.69. The van der Waals surface area contributed by atoms with E-state index in [0.29, 0.717) is 16.9 Å². The van der Waals surface area contributed by atoms with Crippen LogP contribution >= 0.6 is 0 Å². The summed E-state index contributed by atoms with van der Waals surface area (Å²) in [6.07, 6.45) is 3.10. The van der Waals surface area contributed by atoms with Gasteiger partial charge in [0.05, 0.1) is 17.8 Å². The van der Waals surface area contributed by atoms with Gasteiger partial charge in [-0.15, -0.1) is 0 Å². The van der Waals surface area contributed by atoms with E-state index >= 15 is 0 Å². The predicted octanol–water partition coefficient (Wildman–Crippen LogP) is 3.54. The van der Waals surface area contributed by atoms with Gasteiger partial charge in [0.1, 0.15) is 5.76 Å². The second-order valence-corrected chi connectivity index (χ2v) is 6.49. The Morgan fingerprint density at radius 1 is 0.929 bits per heavy atom. The number of Topliss-reactive ketones (excluding diaryl/α,β-unsaturated/α-hetero) is 1. The molecule has 4 rings (SSSR count). The number of carbonyl (C=O) groups excluding carboxylic acids is 3. The summed E-state index contributed by atoms with van der Waals surface area (Å²) in [4.78, 5) is 39.4. The first-order chi connectivity index (χ1) is 13.6. The molecule has 3 aromatic rings. The van der Waals surface area contributed by atoms with Crippen LogP contribution in [0.1, 0.15) is 22.8 Å². The van der Waals surface area contributed by atoms with E-state index in [1.54, 1.807) is 42.5 Å². The standard InChI is InChI=1S/C23H17NO4/c25-21-20(17-10-5-2-6-11-17)15-24(23(21)27)22(26)19(14-18-12-7-13-28-18)16-8-3-1-4-9-16/h1-14,20H,15H2/b19-14+/t20-/m0/s1. The predicted molar refractivity (Wildman–Crippen MR) is 104 cm³/mol. The van der Waals surface area contributed by atoms with Crippen molar-refractivity contribution in [1.29, 1.82) is 0 Å². The van der Waals surface area contributed by atoms with E-state index in [0.717, 1.165) is 10.5 Å². The molecule has 0 spiro atoms. The molecule has 0 radical (unpaired) electrons. The largest absolute Gasteiger partial charge is 0.465 e. The van der Waals surface area contributed by atoms with Gasteiger partial charge >= 0.3 is 0 Å². The van der Waals surface area contributed by atoms with Crippen molar-refractivity contribution in [2.45, 2.75) is 5.92 Å². The number of hydrogen-bond acceptors (Lipinski definition) is 4. The van der Waals surface area contributed by atoms with Crippen molar-refractivity contribution in [3.8, 4) is 0 Å². The quantitative estimate of drug-likeness (QED) is 0.520. The number of hydrogen-bond donors (Lipinski definition) is 0. The van der Waals surface area contributed by atoms with Crippen molar-refractivity contribution >= 4 is 29.2 Å². The summed E-state index contributed by atoms with van der Waals surface area (Å²) in [6.45, 7) is 0.0306. The Morgan fingerprint density at radius 3 is 2.25 bits per heavy atom. The monoisotopic (exact) mass is 371 g/mol. The van der Waals surface area contributed by atoms with Gasteiger partial charge in [-0.25, -0.2) is 0 Å². The van der Waals surface area contributed by atoms with Gasteiger partial charge in [-0.05, 0) is 29.3 Å². The Labute approximate surface area is 161 Å². The minimum atomic E-state index is -0.778. The molecule has 2 amide bonds. The summed E-state index contributed by atoms with van der Waals surface area (Å²) in [5, 5.41) is 0. The van der Waals surface area contributed by atoms with E-state index in [1.165, 1.54) is 6.26 Å². The Hall–Kier alpha value is -3.73. The third kappa shape index (κ3) is 3.30. The molecule has 1 aromatic heterocycles. The third-order valence-corrected chi connectivity index (χ3v) is 4.73. The number of amides is 2. The van der Waals surface area contributed by atoms with Gasteiger partial charge < -0.3 is 4.42 Å². The Morgan fingerprint density at radius 2 is 1.61 bits per heavy atom. The first-order valence-electron chi connectivity index (χ1n) is 8.91. The molecule has 0 unspecified atom stereocenters. The number of benzene rings is 2. The van der Waals surface area contributed by atoms with E-state index in [1.807, 2.05) is 36.4 Å². The molecule has 1 aliphatic heterocycles. The minimum absolute atomic E-state index is 0.0306. The maximum absolute atomic E-state index is 13.2. The maximum atomic E-state index is 13.2. The highest BCUT2D eigenvalue weighted by atomic mass is 16.3. The van der Waals surface area contributed by atoms with Crippen LogP contribution in [-0.4, -0.2) is 29.0 Å². The van der Waals surface area contributed by atoms with E-state index in [-0.39, 0.29) is 6.54 Å². The van der Waals surface area contributed by atoms with Crippen molar-refractivity contribution < 1.29 is 18.8 Å². The first-order valence-corrected chi connectivity index (χ1v) is 8.91. The smallest absolute Gasteiger partial charge is 0.297 e. The highest BCUT2D eigenvalue weighted by molar-refractivity contribution is 6.45. The molecule has 0 N–H and O–H groups in total. The Kier molecular flexibility index (Phi) is 4.72. The third-order valence-electron chi connectivity index (χ3n) is 4.73. The van der Waals surface area contributed by atoms with Crippen LogP contribution in [0.5, 0.6) is 0 Å². The van der Waals surface area contributed by atoms with Crippen LogP contribution in [0.3, 0.4) is 0 Å². The topological polar surface area (TPSA) is 67.6 Å². The number of carbonyl (C=O) groups is 3. The number of likely N-dealkylation sites (tertiary alicyclic amines) is 1. The second-order valence-electron chi connectivity index (χ2n) is 6.49. The van der Waals surface area contributed by atoms with Crippen molar-refractivity contribution in [2.24, 2.45) is 0 Å². The lowest BCUT2D eigenvalue weighted by Crippen LogP contribution is -2.34. The lowest BCUT2D eigenvalue weighted by molar-refractivity contribution is -0.145. The van der Waals surface area contributed by atoms with Crippen LogP contribution in [0, 0.1) is 0 Å². The van der Waals surface area contributed by atoms with Crippen LogP contribution in [0.4, 0.5) is 0 Å². The zero-order chi connectivity index (χ0) is 19.5. The van der Waals surface area contributed by atoms with Gasteiger partial charge in [-0.1, -0.05) is 60.7 Å². The van der Waals surface area contributed by atoms with Gasteiger partial charge in [-0.3, -0.25) is 19.3 Å². The SMILES string of the molecule is O=C1C(=O)N(C(=O)/C(=C/c2ccco2)c2ccccc2)C[C@H]1c1ccccc1. The molecule has 0 bridgehead atoms. The first kappa shape index (κ1) is 17.7. The van der Waals surface area contributed by atoms with Crippen molar-refractivity contribution in [3.63, 3.8) is 0 Å². The summed E-state index contributed by atoms with van der Waals surface area (Å²) in [7, 11) is 0. The number of rotatable bonds is 4. The summed E-state index contributed by atoms with van der Waals surface area (Å²) in [6, 6.07) is 21.5. The van der Waals surface area contributed by atoms with Gasteiger partial charge in [0, 0.05) is 6.54 Å². The van der Waals surface area contributed by atoms with E-state index < -0.39 is 23.5 Å². The molecule has 0 aliphatic carbocycles. The zero-order valence-corrected chi connectivity index (χ0v) is 14.9. The fourth-order valence-electron chi connectivity index (χ4n) is 3.30. The second kappa shape index (κ2) is 7.48. The molecular formula is C23H17NO4. The van der Waals surface area contributed by atoms with Crippen LogP contribution in [0.2, 0.25) is 0 Å². The van der Waals surface area contributed by atoms with Crippen LogP contribution in [0.25, 0.3) is 11.6 Å². The van der Waals surface area contributed by atoms with Crippen molar-refractivity contribution in [1.82, 2.24) is 4.90 Å². The summed E-state index contributed by atoms with van der Waals surface area (Å²) < 4.78 is 5.34. The molecule has 5 heteroatoms. The van der Waals surface area contributed by atoms with E-state index in [2.05, 4.69) is 0 Å². The van der Waals surface area contributed by atoms with Gasteiger partial charge in [-0.2, -0.15) is 0 Å². The van der Waals surface area contributed by atoms with Crippen LogP contribution in [0.15, 0.2) is 83.5 Å². The fourth-order valence-corrected chi connectivity index (χ4v) is 3.30. The Bertz CT molecular complexity index is 1040. The number of furan rings is 1. The van der Waals surface area contributed by atoms with Gasteiger partial charge in [0.25, 0.3) is 11.8 Å². The van der Waals surface area contributed by atoms with Gasteiger partial charge in [0.2, 0.25) is 5.78 Å². The summed E-state index contributed by atoms with van der Waals surface area (Å²) in [5.41, 5.74) is 1.67. The lowest BCUT2D eigenvalue weighted by Gasteiger charge is -2.16. The summed E-state index contributed by atoms with van der Waals surface area (Å²) >= 11 is 0. The fraction of sp³-hybridized carbons (Fsp3) is 0.0870. The van der Waals surface area contributed by atoms with Gasteiger partial charge in [0.15, 0.2) is 0 Å². The summed E-state index contributed by atoms with van der Waals surface area (Å²) in [5.74, 6) is -2.01. The number of nitrogens with zero attached hydrogens (tertiary/aromatic N) is 1. The van der Waals surface area contributed by atoms with Crippen molar-refractivity contribution in [3.05, 3.63) is 95.9 Å².